The largest absolute Gasteiger partial charge is 0.463 e. The van der Waals surface area contributed by atoms with Crippen LogP contribution in [0.5, 0.6) is 0 Å². The molecule has 0 radical (unpaired) electrons. The number of esters is 10. The SMILES string of the molecule is CCC(C)(C)C(=O)OC(C)(C)C12CC3CC(CC(C3)C1)C2.CCC(C)(C)C(=O)OC(C)(C)C1CCCCC1.CCC(C)(C)C(=O)OC1(CC)C2CC3CC(C2)CC1C3.CCC(C)(C)C(=O)OC12CC3CC(CC(O)(C3)C1)C2.CCC(C)(C)C(=O)OC12CC3CC(O)(CC(O)(C3)C1)C2.CCC(C)(C)C(=O)OC12CC3CC(O)(CC(O)(C3)C1)C2.CCC(C)(C)C(=O)OC1C2CC3C(=O)OC1C3C2.CCC(C)(C)C(=O)OC1CCOC1=O. The van der Waals surface area contributed by atoms with Crippen LogP contribution in [0.1, 0.15) is 496 Å². The molecule has 25 fully saturated rings. The molecule has 25 nitrogen and oxygen atoms in total. The number of aliphatic hydroxyl groups is 5. The van der Waals surface area contributed by atoms with E-state index in [1.54, 1.807) is 13.8 Å². The van der Waals surface area contributed by atoms with Crippen molar-refractivity contribution < 1.29 is 121 Å². The first kappa shape index (κ1) is 121. The molecule has 23 aliphatic carbocycles. The van der Waals surface area contributed by atoms with Crippen LogP contribution >= 0.6 is 0 Å². The Kier molecular flexibility index (Phi) is 35.3. The zero-order chi connectivity index (χ0) is 110. The van der Waals surface area contributed by atoms with Crippen molar-refractivity contribution in [2.75, 3.05) is 6.61 Å². The van der Waals surface area contributed by atoms with Gasteiger partial charge in [-0.25, -0.2) is 4.79 Å². The minimum Gasteiger partial charge on any atom is -0.463 e. The van der Waals surface area contributed by atoms with Crippen LogP contribution in [-0.2, 0) is 95.3 Å². The molecule has 25 aliphatic rings. The molecule has 850 valence electrons. The zero-order valence-electron chi connectivity index (χ0n) is 98.0. The molecule has 2 saturated heterocycles. The van der Waals surface area contributed by atoms with Gasteiger partial charge in [-0.3, -0.25) is 43.2 Å². The first-order chi connectivity index (χ1) is 68.7. The fourth-order valence-corrected chi connectivity index (χ4v) is 32.1. The highest BCUT2D eigenvalue weighted by atomic mass is 16.6. The second-order valence-electron chi connectivity index (χ2n) is 59.3. The van der Waals surface area contributed by atoms with Crippen LogP contribution in [0.25, 0.3) is 0 Å². The Morgan fingerprint density at radius 1 is 0.322 bits per heavy atom. The molecule has 22 bridgehead atoms. The average molecular weight is 2090 g/mol. The average Bonchev–Trinajstić information content (AvgIpc) is 1.62. The van der Waals surface area contributed by atoms with Crippen LogP contribution in [0, 0.1) is 138 Å². The van der Waals surface area contributed by atoms with Crippen molar-refractivity contribution in [2.24, 2.45) is 138 Å². The third-order valence-electron chi connectivity index (χ3n) is 43.1. The van der Waals surface area contributed by atoms with Crippen molar-refractivity contribution in [3.05, 3.63) is 0 Å². The minimum atomic E-state index is -0.842. The Labute approximate surface area is 895 Å². The molecule has 2 aliphatic heterocycles. The van der Waals surface area contributed by atoms with Gasteiger partial charge in [0.15, 0.2) is 0 Å². The second-order valence-corrected chi connectivity index (χ2v) is 59.3. The van der Waals surface area contributed by atoms with Crippen LogP contribution in [0.4, 0.5) is 0 Å². The van der Waals surface area contributed by atoms with Gasteiger partial charge in [0.1, 0.15) is 45.8 Å². The zero-order valence-corrected chi connectivity index (χ0v) is 98.0. The topological polar surface area (TPSA) is 364 Å². The summed E-state index contributed by atoms with van der Waals surface area (Å²) >= 11 is 0. The summed E-state index contributed by atoms with van der Waals surface area (Å²) < 4.78 is 56.8. The maximum Gasteiger partial charge on any atom is 0.347 e. The molecule has 12 unspecified atom stereocenters. The molecule has 149 heavy (non-hydrogen) atoms. The summed E-state index contributed by atoms with van der Waals surface area (Å²) in [5.74, 6) is 7.22. The predicted octanol–water partition coefficient (Wildman–Crippen LogP) is 24.4. The summed E-state index contributed by atoms with van der Waals surface area (Å²) in [7, 11) is 0. The van der Waals surface area contributed by atoms with Crippen molar-refractivity contribution in [1.82, 2.24) is 0 Å². The standard InChI is InChI=1S/C19H32O2.C18H30O2.2C16H26O4.C16H26O3.C15H28O2.C14H20O4.C10H16O4/c1-6-17(2,3)16(20)21-18(4,5)19-10-13-7-14(11-19)9-15(8-13)12-19;1-5-17(3,4)16(19)20-18(6-2)14-8-12-7-13(10-14)11-15(18)9-12;2*1-4-13(2,3)12(17)20-16-7-11-5-14(18,9-16)8-15(19,6-11)10-16;1-4-14(2,3)13(17)19-16-8-11-5-12(9-16)7-15(18,6-11)10-16;1-6-14(2,3)13(16)17-15(4,5)12-10-8-7-9-11-12;1-4-14(2,3)13(16)18-10-7-5-8-9(6-7)12(15)17-11(8)10;1-4-10(2,3)9(12)14-7-5-6-13-8(7)11/h13-15H,6-12H2,1-5H3;12-15H,5-11H2,1-4H3;2*11,18-19H,4-10H2,1-3H3;11-12,18H,4-10H2,1-3H3;12H,6-11H2,1-5H3;7-11H,4-6H2,1-3H3;7H,4-6H2,1-3H3. The van der Waals surface area contributed by atoms with E-state index in [1.807, 2.05) is 138 Å². The molecule has 0 amide bonds. The summed E-state index contributed by atoms with van der Waals surface area (Å²) in [5, 5.41) is 53.3. The molecule has 0 spiro atoms. The minimum absolute atomic E-state index is 0.00857. The van der Waals surface area contributed by atoms with Gasteiger partial charge in [0.25, 0.3) is 0 Å². The summed E-state index contributed by atoms with van der Waals surface area (Å²) in [6.07, 6.45) is 42.6. The van der Waals surface area contributed by atoms with Gasteiger partial charge in [-0.15, -0.1) is 0 Å². The van der Waals surface area contributed by atoms with E-state index < -0.39 is 78.4 Å². The van der Waals surface area contributed by atoms with E-state index in [0.29, 0.717) is 106 Å². The number of hydrogen-bond acceptors (Lipinski definition) is 25. The number of carbonyl (C=O) groups is 10. The molecule has 0 aromatic carbocycles. The Hall–Kier alpha value is -5.50. The summed E-state index contributed by atoms with van der Waals surface area (Å²) in [6.45, 7) is 58.0. The van der Waals surface area contributed by atoms with Crippen LogP contribution in [0.3, 0.4) is 0 Å². The quantitative estimate of drug-likeness (QED) is 0.0377. The molecular weight excluding hydrogens is 1890 g/mol. The predicted molar refractivity (Wildman–Crippen MR) is 569 cm³/mol. The lowest BCUT2D eigenvalue weighted by atomic mass is 9.46. The Bertz CT molecular complexity index is 4560. The Balaban J connectivity index is 0.000000142. The van der Waals surface area contributed by atoms with Crippen molar-refractivity contribution in [2.45, 2.75) is 576 Å². The summed E-state index contributed by atoms with van der Waals surface area (Å²) in [5.41, 5.74) is -9.52. The van der Waals surface area contributed by atoms with Gasteiger partial charge in [0.05, 0.1) is 83.8 Å². The van der Waals surface area contributed by atoms with Crippen LogP contribution in [-0.4, -0.2) is 172 Å². The lowest BCUT2D eigenvalue weighted by molar-refractivity contribution is -0.265. The molecule has 2 heterocycles. The molecule has 25 heteroatoms. The van der Waals surface area contributed by atoms with Gasteiger partial charge >= 0.3 is 59.7 Å². The van der Waals surface area contributed by atoms with Crippen molar-refractivity contribution >= 4 is 59.7 Å². The third-order valence-corrected chi connectivity index (χ3v) is 43.1. The molecule has 25 rings (SSSR count). The summed E-state index contributed by atoms with van der Waals surface area (Å²) in [4.78, 5) is 121. The maximum absolute atomic E-state index is 12.6. The van der Waals surface area contributed by atoms with Gasteiger partial charge < -0.3 is 72.9 Å². The molecule has 0 aromatic rings. The maximum atomic E-state index is 12.6. The first-order valence-corrected chi connectivity index (χ1v) is 59.6. The molecule has 0 aromatic heterocycles. The number of fused-ring (bicyclic) bond motifs is 1. The lowest BCUT2D eigenvalue weighted by Crippen LogP contribution is -2.67. The van der Waals surface area contributed by atoms with Crippen molar-refractivity contribution in [1.29, 1.82) is 0 Å². The van der Waals surface area contributed by atoms with E-state index in [1.165, 1.54) is 109 Å². The number of hydrogen-bond donors (Lipinski definition) is 5. The van der Waals surface area contributed by atoms with Crippen LogP contribution in [0.2, 0.25) is 0 Å². The normalized spacial score (nSPS) is 38.6. The monoisotopic (exact) mass is 2090 g/mol. The van der Waals surface area contributed by atoms with E-state index in [9.17, 15) is 73.5 Å². The van der Waals surface area contributed by atoms with E-state index in [2.05, 4.69) is 48.5 Å². The first-order valence-electron chi connectivity index (χ1n) is 59.6. The van der Waals surface area contributed by atoms with Gasteiger partial charge in [0, 0.05) is 68.6 Å². The van der Waals surface area contributed by atoms with E-state index in [0.717, 1.165) is 158 Å². The Morgan fingerprint density at radius 3 is 1.03 bits per heavy atom. The van der Waals surface area contributed by atoms with Crippen molar-refractivity contribution in [3.8, 4) is 0 Å². The van der Waals surface area contributed by atoms with Crippen LogP contribution < -0.4 is 0 Å². The number of cyclic esters (lactones) is 1. The Morgan fingerprint density at radius 2 is 0.658 bits per heavy atom. The molecule has 12 atom stereocenters. The van der Waals surface area contributed by atoms with E-state index in [4.69, 9.17) is 47.4 Å². The molecule has 23 saturated carbocycles. The van der Waals surface area contributed by atoms with E-state index >= 15 is 0 Å². The molecule has 5 N–H and O–H groups in total. The van der Waals surface area contributed by atoms with E-state index in [-0.39, 0.29) is 128 Å². The van der Waals surface area contributed by atoms with Crippen LogP contribution in [0.15, 0.2) is 0 Å². The highest BCUT2D eigenvalue weighted by molar-refractivity contribution is 5.83. The highest BCUT2D eigenvalue weighted by Gasteiger charge is 2.70. The van der Waals surface area contributed by atoms with Gasteiger partial charge in [0.2, 0.25) is 6.10 Å². The fraction of sp³-hybridized carbons (Fsp3) is 0.919. The number of rotatable bonds is 27. The fourth-order valence-electron chi connectivity index (χ4n) is 32.1. The third kappa shape index (κ3) is 26.2. The van der Waals surface area contributed by atoms with Gasteiger partial charge in [-0.2, -0.15) is 0 Å². The summed E-state index contributed by atoms with van der Waals surface area (Å²) in [6, 6.07) is 0. The van der Waals surface area contributed by atoms with Crippen molar-refractivity contribution in [3.63, 3.8) is 0 Å². The van der Waals surface area contributed by atoms with Gasteiger partial charge in [-0.05, 0) is 434 Å². The highest BCUT2D eigenvalue weighted by Crippen LogP contribution is 2.68. The lowest BCUT2D eigenvalue weighted by Gasteiger charge is -2.62. The second kappa shape index (κ2) is 43.7. The number of carbonyl (C=O) groups excluding carboxylic acids is 10. The number of ether oxygens (including phenoxy) is 10. The van der Waals surface area contributed by atoms with Gasteiger partial charge in [-0.1, -0.05) is 81.6 Å². The molecular formula is C124H204O25. The smallest absolute Gasteiger partial charge is 0.347 e.